The third-order valence-corrected chi connectivity index (χ3v) is 5.79. The molecule has 0 fully saturated rings. The molecule has 0 saturated carbocycles. The van der Waals surface area contributed by atoms with E-state index in [1.54, 1.807) is 0 Å². The van der Waals surface area contributed by atoms with Crippen LogP contribution in [-0.2, 0) is 19.7 Å². The van der Waals surface area contributed by atoms with E-state index in [-0.39, 0.29) is 66.4 Å². The Hall–Kier alpha value is -0.410. The molecule has 172 valence electrons. The number of hydrogen-bond donors (Lipinski definition) is 3. The van der Waals surface area contributed by atoms with E-state index >= 15 is 0 Å². The predicted molar refractivity (Wildman–Crippen MR) is 121 cm³/mol. The van der Waals surface area contributed by atoms with Crippen molar-refractivity contribution in [2.75, 3.05) is 5.75 Å². The van der Waals surface area contributed by atoms with Crippen molar-refractivity contribution in [3.63, 3.8) is 0 Å². The number of carbonyl (C=O) groups is 2. The van der Waals surface area contributed by atoms with Gasteiger partial charge in [-0.3, -0.25) is 4.55 Å². The Labute approximate surface area is 203 Å². The number of carboxylic acid groups (broad SMARTS) is 2. The Morgan fingerprint density at radius 3 is 1.30 bits per heavy atom. The minimum atomic E-state index is -4.09. The number of unbranched alkanes of at least 4 members (excludes halogenated alkanes) is 11. The van der Waals surface area contributed by atoms with Crippen LogP contribution in [0.15, 0.2) is 11.1 Å². The number of hydrogen-bond acceptors (Lipinski definition) is 4. The SMILES string of the molecule is CCCCCCCCCCCCC/C(C(=O)O)=C(\CCCCS(=O)(=O)O)C(=O)O.[NaH]. The van der Waals surface area contributed by atoms with Crippen molar-refractivity contribution < 1.29 is 32.8 Å². The molecule has 0 radical (unpaired) electrons. The zero-order valence-corrected chi connectivity index (χ0v) is 18.5. The van der Waals surface area contributed by atoms with Crippen LogP contribution in [0.3, 0.4) is 0 Å². The maximum absolute atomic E-state index is 11.5. The monoisotopic (exact) mass is 458 g/mol. The summed E-state index contributed by atoms with van der Waals surface area (Å²) in [5.74, 6) is -2.97. The van der Waals surface area contributed by atoms with Crippen LogP contribution in [0.4, 0.5) is 0 Å². The second-order valence-electron chi connectivity index (χ2n) is 7.60. The fraction of sp³-hybridized carbons (Fsp3) is 0.810. The molecule has 9 heteroatoms. The van der Waals surface area contributed by atoms with Crippen LogP contribution in [0.25, 0.3) is 0 Å². The van der Waals surface area contributed by atoms with E-state index in [0.717, 1.165) is 19.3 Å². The first-order valence-electron chi connectivity index (χ1n) is 10.8. The van der Waals surface area contributed by atoms with Gasteiger partial charge in [-0.05, 0) is 32.1 Å². The third-order valence-electron chi connectivity index (χ3n) is 4.99. The zero-order valence-electron chi connectivity index (χ0n) is 17.7. The van der Waals surface area contributed by atoms with Crippen LogP contribution in [0, 0.1) is 0 Å². The minimum absolute atomic E-state index is 0. The average molecular weight is 459 g/mol. The standard InChI is InChI=1S/C21H38O7S.Na.H/c1-2-3-4-5-6-7-8-9-10-11-12-15-18(20(22)23)19(21(24)25)16-13-14-17-29(26,27)28;;/h2-17H2,1H3,(H,22,23)(H,24,25)(H,26,27,28);;/b19-18-;;. The van der Waals surface area contributed by atoms with Gasteiger partial charge >= 0.3 is 41.5 Å². The predicted octanol–water partition coefficient (Wildman–Crippen LogP) is 4.56. The quantitative estimate of drug-likeness (QED) is 0.112. The van der Waals surface area contributed by atoms with E-state index < -0.39 is 27.8 Å². The van der Waals surface area contributed by atoms with Gasteiger partial charge in [0.05, 0.1) is 5.75 Å². The van der Waals surface area contributed by atoms with Gasteiger partial charge < -0.3 is 10.2 Å². The molecule has 0 heterocycles. The van der Waals surface area contributed by atoms with Gasteiger partial charge in [-0.15, -0.1) is 0 Å². The van der Waals surface area contributed by atoms with Crippen molar-refractivity contribution in [2.45, 2.75) is 103 Å². The van der Waals surface area contributed by atoms with Crippen LogP contribution >= 0.6 is 0 Å². The van der Waals surface area contributed by atoms with Gasteiger partial charge in [-0.2, -0.15) is 8.42 Å². The fourth-order valence-electron chi connectivity index (χ4n) is 3.33. The van der Waals surface area contributed by atoms with E-state index in [2.05, 4.69) is 6.92 Å². The van der Waals surface area contributed by atoms with Crippen molar-refractivity contribution in [2.24, 2.45) is 0 Å². The summed E-state index contributed by atoms with van der Waals surface area (Å²) >= 11 is 0. The third kappa shape index (κ3) is 18.4. The first kappa shape index (κ1) is 31.8. The van der Waals surface area contributed by atoms with E-state index in [4.69, 9.17) is 4.55 Å². The van der Waals surface area contributed by atoms with Crippen molar-refractivity contribution >= 4 is 51.6 Å². The average Bonchev–Trinajstić information content (AvgIpc) is 2.62. The van der Waals surface area contributed by atoms with E-state index in [1.165, 1.54) is 44.9 Å². The summed E-state index contributed by atoms with van der Waals surface area (Å²) in [4.78, 5) is 22.9. The van der Waals surface area contributed by atoms with E-state index in [0.29, 0.717) is 6.42 Å². The Balaban J connectivity index is 0. The van der Waals surface area contributed by atoms with Crippen molar-refractivity contribution in [3.05, 3.63) is 11.1 Å². The summed E-state index contributed by atoms with van der Waals surface area (Å²) in [7, 11) is -4.09. The van der Waals surface area contributed by atoms with Crippen molar-refractivity contribution in [3.8, 4) is 0 Å². The summed E-state index contributed by atoms with van der Waals surface area (Å²) in [6.45, 7) is 2.20. The second kappa shape index (κ2) is 19.3. The molecule has 0 saturated heterocycles. The normalized spacial score (nSPS) is 12.2. The number of aliphatic carboxylic acids is 2. The fourth-order valence-corrected chi connectivity index (χ4v) is 3.89. The molecule has 0 aliphatic heterocycles. The molecular weight excluding hydrogens is 419 g/mol. The molecule has 3 N–H and O–H groups in total. The van der Waals surface area contributed by atoms with Crippen LogP contribution in [0.5, 0.6) is 0 Å². The summed E-state index contributed by atoms with van der Waals surface area (Å²) < 4.78 is 30.1. The second-order valence-corrected chi connectivity index (χ2v) is 9.17. The first-order chi connectivity index (χ1) is 13.7. The van der Waals surface area contributed by atoms with Gasteiger partial charge in [0.1, 0.15) is 0 Å². The van der Waals surface area contributed by atoms with Crippen molar-refractivity contribution in [1.29, 1.82) is 0 Å². The van der Waals surface area contributed by atoms with Gasteiger partial charge in [-0.1, -0.05) is 71.1 Å². The van der Waals surface area contributed by atoms with Gasteiger partial charge in [0.2, 0.25) is 0 Å². The molecule has 0 aliphatic rings. The van der Waals surface area contributed by atoms with Crippen molar-refractivity contribution in [1.82, 2.24) is 0 Å². The van der Waals surface area contributed by atoms with Gasteiger partial charge in [-0.25, -0.2) is 9.59 Å². The molecule has 7 nitrogen and oxygen atoms in total. The molecule has 0 aromatic heterocycles. The molecule has 0 aliphatic carbocycles. The van der Waals surface area contributed by atoms with E-state index in [9.17, 15) is 28.2 Å². The Morgan fingerprint density at radius 2 is 0.967 bits per heavy atom. The first-order valence-corrected chi connectivity index (χ1v) is 12.4. The van der Waals surface area contributed by atoms with E-state index in [1.807, 2.05) is 0 Å². The topological polar surface area (TPSA) is 129 Å². The number of carboxylic acids is 2. The van der Waals surface area contributed by atoms with Crippen LogP contribution < -0.4 is 0 Å². The van der Waals surface area contributed by atoms with Gasteiger partial charge in [0, 0.05) is 11.1 Å². The molecule has 0 atom stereocenters. The molecule has 0 rings (SSSR count). The number of rotatable bonds is 19. The molecule has 0 aromatic rings. The maximum atomic E-state index is 11.5. The Kier molecular flexibility index (Phi) is 20.4. The molecule has 0 unspecified atom stereocenters. The molecule has 0 amide bonds. The van der Waals surface area contributed by atoms with Gasteiger partial charge in [0.25, 0.3) is 10.1 Å². The van der Waals surface area contributed by atoms with Crippen LogP contribution in [-0.4, -0.2) is 70.4 Å². The molecule has 0 aromatic carbocycles. The van der Waals surface area contributed by atoms with Crippen LogP contribution in [0.1, 0.15) is 103 Å². The summed E-state index contributed by atoms with van der Waals surface area (Å²) in [5, 5.41) is 18.7. The Bertz CT molecular complexity index is 615. The Morgan fingerprint density at radius 1 is 0.633 bits per heavy atom. The summed E-state index contributed by atoms with van der Waals surface area (Å²) in [5.41, 5.74) is -0.264. The molecule has 30 heavy (non-hydrogen) atoms. The van der Waals surface area contributed by atoms with Crippen LogP contribution in [0.2, 0.25) is 0 Å². The zero-order chi connectivity index (χ0) is 22.1. The molecular formula is C21H39NaO7S. The summed E-state index contributed by atoms with van der Waals surface area (Å²) in [6.07, 6.45) is 12.9. The summed E-state index contributed by atoms with van der Waals surface area (Å²) in [6, 6.07) is 0. The molecule has 0 bridgehead atoms. The molecule has 0 spiro atoms. The van der Waals surface area contributed by atoms with Gasteiger partial charge in [0.15, 0.2) is 0 Å².